The molecule has 6 nitrogen and oxygen atoms in total. The average molecular weight is 235 g/mol. The van der Waals surface area contributed by atoms with Crippen LogP contribution in [-0.4, -0.2) is 42.3 Å². The molecule has 2 heterocycles. The molecule has 1 amide bonds. The lowest BCUT2D eigenvalue weighted by Gasteiger charge is -2.32. The SMILES string of the molecule is CN(c1cc(C(N)=O)cnn1)C1CCNCC1. The molecule has 1 aromatic rings. The largest absolute Gasteiger partial charge is 0.366 e. The Hall–Kier alpha value is -1.69. The fourth-order valence-electron chi connectivity index (χ4n) is 2.04. The third-order valence-corrected chi connectivity index (χ3v) is 3.14. The third kappa shape index (κ3) is 2.71. The normalized spacial score (nSPS) is 16.8. The summed E-state index contributed by atoms with van der Waals surface area (Å²) < 4.78 is 0. The number of hydrogen-bond donors (Lipinski definition) is 2. The van der Waals surface area contributed by atoms with Crippen molar-refractivity contribution in [2.24, 2.45) is 5.73 Å². The summed E-state index contributed by atoms with van der Waals surface area (Å²) in [6, 6.07) is 2.13. The number of hydrogen-bond acceptors (Lipinski definition) is 5. The molecule has 0 spiro atoms. The number of carbonyl (C=O) groups excluding carboxylic acids is 1. The molecule has 17 heavy (non-hydrogen) atoms. The molecule has 1 aliphatic rings. The summed E-state index contributed by atoms with van der Waals surface area (Å²) in [6.45, 7) is 2.02. The van der Waals surface area contributed by atoms with Gasteiger partial charge < -0.3 is 16.0 Å². The van der Waals surface area contributed by atoms with Gasteiger partial charge in [-0.1, -0.05) is 0 Å². The molecule has 2 rings (SSSR count). The molecule has 0 aromatic carbocycles. The highest BCUT2D eigenvalue weighted by molar-refractivity contribution is 5.93. The number of anilines is 1. The maximum Gasteiger partial charge on any atom is 0.250 e. The van der Waals surface area contributed by atoms with Gasteiger partial charge in [-0.15, -0.1) is 5.10 Å². The second-order valence-corrected chi connectivity index (χ2v) is 4.26. The van der Waals surface area contributed by atoms with E-state index >= 15 is 0 Å². The number of primary amides is 1. The molecule has 1 aromatic heterocycles. The van der Waals surface area contributed by atoms with Crippen LogP contribution in [0.15, 0.2) is 12.3 Å². The van der Waals surface area contributed by atoms with Crippen molar-refractivity contribution in [1.82, 2.24) is 15.5 Å². The predicted octanol–water partition coefficient (Wildman–Crippen LogP) is -0.236. The van der Waals surface area contributed by atoms with Gasteiger partial charge in [0.1, 0.15) is 0 Å². The highest BCUT2D eigenvalue weighted by atomic mass is 16.1. The predicted molar refractivity (Wildman–Crippen MR) is 64.8 cm³/mol. The Morgan fingerprint density at radius 3 is 2.88 bits per heavy atom. The van der Waals surface area contributed by atoms with Crippen LogP contribution in [0.25, 0.3) is 0 Å². The maximum atomic E-state index is 11.1. The molecule has 0 aliphatic carbocycles. The topological polar surface area (TPSA) is 84.1 Å². The molecule has 0 bridgehead atoms. The van der Waals surface area contributed by atoms with Crippen molar-refractivity contribution in [2.45, 2.75) is 18.9 Å². The van der Waals surface area contributed by atoms with Crippen LogP contribution < -0.4 is 16.0 Å². The van der Waals surface area contributed by atoms with Gasteiger partial charge in [-0.05, 0) is 32.0 Å². The van der Waals surface area contributed by atoms with Gasteiger partial charge in [0.2, 0.25) is 5.91 Å². The van der Waals surface area contributed by atoms with Crippen LogP contribution in [0.1, 0.15) is 23.2 Å². The summed E-state index contributed by atoms with van der Waals surface area (Å²) in [5.41, 5.74) is 5.62. The van der Waals surface area contributed by atoms with E-state index in [0.717, 1.165) is 25.9 Å². The zero-order chi connectivity index (χ0) is 12.3. The Kier molecular flexibility index (Phi) is 3.53. The van der Waals surface area contributed by atoms with E-state index in [1.165, 1.54) is 6.20 Å². The zero-order valence-corrected chi connectivity index (χ0v) is 9.89. The highest BCUT2D eigenvalue weighted by Gasteiger charge is 2.19. The molecular formula is C11H17N5O. The van der Waals surface area contributed by atoms with Gasteiger partial charge in [-0.2, -0.15) is 5.10 Å². The van der Waals surface area contributed by atoms with Crippen LogP contribution in [0.5, 0.6) is 0 Å². The van der Waals surface area contributed by atoms with Gasteiger partial charge in [0, 0.05) is 13.1 Å². The summed E-state index contributed by atoms with van der Waals surface area (Å²) in [5, 5.41) is 11.2. The van der Waals surface area contributed by atoms with E-state index in [-0.39, 0.29) is 0 Å². The Labute approximate surface area is 100 Å². The fourth-order valence-corrected chi connectivity index (χ4v) is 2.04. The Bertz CT molecular complexity index is 403. The summed E-state index contributed by atoms with van der Waals surface area (Å²) in [6.07, 6.45) is 3.53. The van der Waals surface area contributed by atoms with Gasteiger partial charge in [0.15, 0.2) is 5.82 Å². The van der Waals surface area contributed by atoms with Crippen molar-refractivity contribution >= 4 is 11.7 Å². The second kappa shape index (κ2) is 5.09. The molecule has 0 unspecified atom stereocenters. The lowest BCUT2D eigenvalue weighted by molar-refractivity contribution is 0.1000. The number of aromatic nitrogens is 2. The number of nitrogens with two attached hydrogens (primary N) is 1. The van der Waals surface area contributed by atoms with Crippen LogP contribution in [0.3, 0.4) is 0 Å². The molecule has 1 aliphatic heterocycles. The van der Waals surface area contributed by atoms with Gasteiger partial charge in [-0.25, -0.2) is 0 Å². The quantitative estimate of drug-likeness (QED) is 0.755. The van der Waals surface area contributed by atoms with E-state index in [2.05, 4.69) is 20.4 Å². The minimum Gasteiger partial charge on any atom is -0.366 e. The van der Waals surface area contributed by atoms with Crippen LogP contribution in [0, 0.1) is 0 Å². The van der Waals surface area contributed by atoms with E-state index in [9.17, 15) is 4.79 Å². The summed E-state index contributed by atoms with van der Waals surface area (Å²) in [4.78, 5) is 13.1. The monoisotopic (exact) mass is 235 g/mol. The minimum atomic E-state index is -0.472. The van der Waals surface area contributed by atoms with Crippen LogP contribution in [0.2, 0.25) is 0 Å². The lowest BCUT2D eigenvalue weighted by atomic mass is 10.1. The van der Waals surface area contributed by atoms with E-state index in [1.807, 2.05) is 7.05 Å². The van der Waals surface area contributed by atoms with Crippen LogP contribution in [0.4, 0.5) is 5.82 Å². The number of carbonyl (C=O) groups is 1. The van der Waals surface area contributed by atoms with E-state index in [0.29, 0.717) is 17.4 Å². The van der Waals surface area contributed by atoms with Crippen LogP contribution >= 0.6 is 0 Å². The Balaban J connectivity index is 2.14. The maximum absolute atomic E-state index is 11.1. The molecule has 0 atom stereocenters. The van der Waals surface area contributed by atoms with Crippen molar-refractivity contribution in [2.75, 3.05) is 25.0 Å². The Morgan fingerprint density at radius 2 is 2.24 bits per heavy atom. The fraction of sp³-hybridized carbons (Fsp3) is 0.545. The van der Waals surface area contributed by atoms with Gasteiger partial charge in [0.25, 0.3) is 0 Å². The average Bonchev–Trinajstić information content (AvgIpc) is 2.39. The first kappa shape index (κ1) is 11.8. The van der Waals surface area contributed by atoms with Gasteiger partial charge in [-0.3, -0.25) is 4.79 Å². The standard InChI is InChI=1S/C11H17N5O/c1-16(9-2-4-13-5-3-9)10-6-8(11(12)17)7-14-15-10/h6-7,9,13H,2-5H2,1H3,(H2,12,17). The summed E-state index contributed by atoms with van der Waals surface area (Å²) >= 11 is 0. The van der Waals surface area contributed by atoms with Gasteiger partial charge >= 0.3 is 0 Å². The van der Waals surface area contributed by atoms with Crippen molar-refractivity contribution in [3.05, 3.63) is 17.8 Å². The van der Waals surface area contributed by atoms with Crippen LogP contribution in [-0.2, 0) is 0 Å². The van der Waals surface area contributed by atoms with Crippen molar-refractivity contribution < 1.29 is 4.79 Å². The minimum absolute atomic E-state index is 0.399. The molecule has 3 N–H and O–H groups in total. The molecule has 0 radical (unpaired) electrons. The lowest BCUT2D eigenvalue weighted by Crippen LogP contribution is -2.41. The number of rotatable bonds is 3. The second-order valence-electron chi connectivity index (χ2n) is 4.26. The number of amides is 1. The molecular weight excluding hydrogens is 218 g/mol. The van der Waals surface area contributed by atoms with Gasteiger partial charge in [0.05, 0.1) is 11.8 Å². The third-order valence-electron chi connectivity index (χ3n) is 3.14. The number of nitrogens with one attached hydrogen (secondary N) is 1. The number of nitrogens with zero attached hydrogens (tertiary/aromatic N) is 3. The smallest absolute Gasteiger partial charge is 0.250 e. The highest BCUT2D eigenvalue weighted by Crippen LogP contribution is 2.17. The summed E-state index contributed by atoms with van der Waals surface area (Å²) in [5.74, 6) is 0.230. The number of piperidine rings is 1. The van der Waals surface area contributed by atoms with E-state index in [4.69, 9.17) is 5.73 Å². The van der Waals surface area contributed by atoms with Crippen molar-refractivity contribution in [3.8, 4) is 0 Å². The summed E-state index contributed by atoms with van der Waals surface area (Å²) in [7, 11) is 1.98. The molecule has 1 fully saturated rings. The van der Waals surface area contributed by atoms with E-state index < -0.39 is 5.91 Å². The molecule has 1 saturated heterocycles. The molecule has 6 heteroatoms. The first-order valence-corrected chi connectivity index (χ1v) is 5.74. The first-order valence-electron chi connectivity index (χ1n) is 5.74. The first-order chi connectivity index (χ1) is 8.18. The van der Waals surface area contributed by atoms with E-state index in [1.54, 1.807) is 6.07 Å². The molecule has 92 valence electrons. The van der Waals surface area contributed by atoms with Crippen molar-refractivity contribution in [3.63, 3.8) is 0 Å². The molecule has 0 saturated carbocycles. The zero-order valence-electron chi connectivity index (χ0n) is 9.89. The Morgan fingerprint density at radius 1 is 1.53 bits per heavy atom. The van der Waals surface area contributed by atoms with Crippen molar-refractivity contribution in [1.29, 1.82) is 0 Å².